The second-order valence-corrected chi connectivity index (χ2v) is 9.18. The first kappa shape index (κ1) is 19.9. The Morgan fingerprint density at radius 1 is 1.21 bits per heavy atom. The van der Waals surface area contributed by atoms with Crippen molar-refractivity contribution in [2.24, 2.45) is 0 Å². The summed E-state index contributed by atoms with van der Waals surface area (Å²) in [6.07, 6.45) is 0. The molecule has 1 aliphatic rings. The summed E-state index contributed by atoms with van der Waals surface area (Å²) in [5.41, 5.74) is 1.48. The number of hydrogen-bond acceptors (Lipinski definition) is 7. The number of thioether (sulfide) groups is 1. The third-order valence-corrected chi connectivity index (χ3v) is 7.10. The monoisotopic (exact) mass is 448 g/mol. The molecular weight excluding hydrogens is 432 g/mol. The molecule has 2 heterocycles. The van der Waals surface area contributed by atoms with E-state index in [4.69, 9.17) is 11.6 Å². The van der Waals surface area contributed by atoms with Crippen LogP contribution in [0.3, 0.4) is 0 Å². The molecule has 0 unspecified atom stereocenters. The molecule has 0 saturated carbocycles. The lowest BCUT2D eigenvalue weighted by molar-refractivity contribution is -0.384. The Balaban J connectivity index is 1.34. The third-order valence-electron chi connectivity index (χ3n) is 4.70. The Morgan fingerprint density at radius 2 is 1.97 bits per heavy atom. The van der Waals surface area contributed by atoms with Crippen molar-refractivity contribution in [2.75, 3.05) is 36.8 Å². The lowest BCUT2D eigenvalue weighted by Crippen LogP contribution is -2.49. The van der Waals surface area contributed by atoms with E-state index in [9.17, 15) is 14.9 Å². The molecule has 1 fully saturated rings. The number of halogens is 1. The zero-order chi connectivity index (χ0) is 20.4. The first-order valence-corrected chi connectivity index (χ1v) is 11.1. The van der Waals surface area contributed by atoms with Crippen LogP contribution in [0.15, 0.2) is 46.8 Å². The number of nitro groups is 1. The normalized spacial score (nSPS) is 14.4. The molecule has 10 heteroatoms. The zero-order valence-corrected chi connectivity index (χ0v) is 17.7. The van der Waals surface area contributed by atoms with Crippen LogP contribution in [0.1, 0.15) is 0 Å². The molecule has 1 aliphatic heterocycles. The zero-order valence-electron chi connectivity index (χ0n) is 15.3. The van der Waals surface area contributed by atoms with Crippen LogP contribution in [0.2, 0.25) is 5.02 Å². The quantitative estimate of drug-likeness (QED) is 0.329. The summed E-state index contributed by atoms with van der Waals surface area (Å²) in [5, 5.41) is 11.7. The number of carbonyl (C=O) groups excluding carboxylic acids is 1. The highest BCUT2D eigenvalue weighted by atomic mass is 35.5. The van der Waals surface area contributed by atoms with Gasteiger partial charge in [0, 0.05) is 37.3 Å². The maximum atomic E-state index is 12.6. The summed E-state index contributed by atoms with van der Waals surface area (Å²) < 4.78 is 2.00. The number of amides is 1. The predicted octanol–water partition coefficient (Wildman–Crippen LogP) is 4.30. The van der Waals surface area contributed by atoms with Crippen molar-refractivity contribution in [1.29, 1.82) is 0 Å². The predicted molar refractivity (Wildman–Crippen MR) is 117 cm³/mol. The Kier molecular flexibility index (Phi) is 5.89. The van der Waals surface area contributed by atoms with Crippen LogP contribution >= 0.6 is 34.7 Å². The third kappa shape index (κ3) is 4.47. The highest BCUT2D eigenvalue weighted by Crippen LogP contribution is 2.32. The van der Waals surface area contributed by atoms with Gasteiger partial charge in [-0.15, -0.1) is 11.3 Å². The molecule has 1 aromatic heterocycles. The number of rotatable bonds is 5. The van der Waals surface area contributed by atoms with Gasteiger partial charge in [0.15, 0.2) is 4.34 Å². The van der Waals surface area contributed by atoms with Gasteiger partial charge in [-0.25, -0.2) is 4.98 Å². The Morgan fingerprint density at radius 3 is 2.69 bits per heavy atom. The van der Waals surface area contributed by atoms with Crippen LogP contribution < -0.4 is 4.90 Å². The van der Waals surface area contributed by atoms with E-state index in [1.807, 2.05) is 29.2 Å². The average Bonchev–Trinajstić information content (AvgIpc) is 3.15. The fourth-order valence-electron chi connectivity index (χ4n) is 3.23. The summed E-state index contributed by atoms with van der Waals surface area (Å²) in [6.45, 7) is 2.14. The van der Waals surface area contributed by atoms with Gasteiger partial charge in [0.05, 0.1) is 20.9 Å². The lowest BCUT2D eigenvalue weighted by Gasteiger charge is -2.35. The van der Waals surface area contributed by atoms with Crippen molar-refractivity contribution in [3.05, 3.63) is 57.6 Å². The highest BCUT2D eigenvalue weighted by Gasteiger charge is 2.26. The number of carbonyl (C=O) groups is 1. The van der Waals surface area contributed by atoms with Crippen LogP contribution in [-0.2, 0) is 4.79 Å². The van der Waals surface area contributed by atoms with E-state index < -0.39 is 4.92 Å². The molecule has 4 rings (SSSR count). The molecule has 1 saturated heterocycles. The molecule has 0 spiro atoms. The van der Waals surface area contributed by atoms with E-state index in [2.05, 4.69) is 4.98 Å². The first-order chi connectivity index (χ1) is 14.0. The van der Waals surface area contributed by atoms with Crippen molar-refractivity contribution in [3.8, 4) is 0 Å². The van der Waals surface area contributed by atoms with Crippen LogP contribution in [0.5, 0.6) is 0 Å². The van der Waals surface area contributed by atoms with Gasteiger partial charge in [-0.3, -0.25) is 14.9 Å². The van der Waals surface area contributed by atoms with Gasteiger partial charge in [0.2, 0.25) is 5.91 Å². The molecule has 2 aromatic carbocycles. The fourth-order valence-corrected chi connectivity index (χ4v) is 5.37. The number of nitrogens with zero attached hydrogens (tertiary/aromatic N) is 4. The number of piperazine rings is 1. The molecule has 1 amide bonds. The van der Waals surface area contributed by atoms with E-state index in [0.29, 0.717) is 42.6 Å². The maximum absolute atomic E-state index is 12.6. The molecule has 3 aromatic rings. The molecule has 150 valence electrons. The molecule has 0 N–H and O–H groups in total. The van der Waals surface area contributed by atoms with Crippen molar-refractivity contribution in [1.82, 2.24) is 9.88 Å². The number of hydrogen-bond donors (Lipinski definition) is 0. The number of aromatic nitrogens is 1. The minimum Gasteiger partial charge on any atom is -0.362 e. The molecule has 29 heavy (non-hydrogen) atoms. The summed E-state index contributed by atoms with van der Waals surface area (Å²) >= 11 is 8.93. The van der Waals surface area contributed by atoms with E-state index in [1.54, 1.807) is 28.4 Å². The first-order valence-electron chi connectivity index (χ1n) is 8.96. The second kappa shape index (κ2) is 8.56. The van der Waals surface area contributed by atoms with Gasteiger partial charge in [0.25, 0.3) is 5.69 Å². The van der Waals surface area contributed by atoms with Gasteiger partial charge in [-0.1, -0.05) is 35.5 Å². The van der Waals surface area contributed by atoms with Crippen molar-refractivity contribution in [3.63, 3.8) is 0 Å². The van der Waals surface area contributed by atoms with Crippen molar-refractivity contribution in [2.45, 2.75) is 4.34 Å². The molecule has 0 atom stereocenters. The smallest absolute Gasteiger partial charge is 0.294 e. The molecule has 0 bridgehead atoms. The molecular formula is C19H17ClN4O3S2. The van der Waals surface area contributed by atoms with E-state index in [-0.39, 0.29) is 11.6 Å². The van der Waals surface area contributed by atoms with Crippen LogP contribution in [-0.4, -0.2) is 52.6 Å². The molecule has 7 nitrogen and oxygen atoms in total. The number of nitro benzene ring substituents is 1. The van der Waals surface area contributed by atoms with Gasteiger partial charge >= 0.3 is 0 Å². The maximum Gasteiger partial charge on any atom is 0.294 e. The number of thiazole rings is 1. The van der Waals surface area contributed by atoms with E-state index >= 15 is 0 Å². The average molecular weight is 449 g/mol. The molecule has 0 aliphatic carbocycles. The van der Waals surface area contributed by atoms with Gasteiger partial charge < -0.3 is 9.80 Å². The Hall–Kier alpha value is -2.36. The topological polar surface area (TPSA) is 79.6 Å². The minimum absolute atomic E-state index is 0.0105. The fraction of sp³-hybridized carbons (Fsp3) is 0.263. The van der Waals surface area contributed by atoms with E-state index in [1.165, 1.54) is 17.8 Å². The van der Waals surface area contributed by atoms with Gasteiger partial charge in [-0.05, 0) is 24.3 Å². The second-order valence-electron chi connectivity index (χ2n) is 6.49. The largest absolute Gasteiger partial charge is 0.362 e. The molecule has 0 radical (unpaired) electrons. The summed E-state index contributed by atoms with van der Waals surface area (Å²) in [5.74, 6) is 0.389. The Bertz CT molecular complexity index is 1030. The van der Waals surface area contributed by atoms with E-state index in [0.717, 1.165) is 14.6 Å². The number of para-hydroxylation sites is 1. The lowest BCUT2D eigenvalue weighted by atomic mass is 10.2. The van der Waals surface area contributed by atoms with Gasteiger partial charge in [-0.2, -0.15) is 0 Å². The Labute approximate surface area is 180 Å². The standard InChI is InChI=1S/C19H17ClN4O3S2/c20-13-5-6-15(16(11-13)24(26)27)22-7-9-23(10-8-22)18(25)12-28-19-21-14-3-1-2-4-17(14)29-19/h1-6,11H,7-10,12H2. The minimum atomic E-state index is -0.423. The summed E-state index contributed by atoms with van der Waals surface area (Å²) in [4.78, 5) is 31.8. The summed E-state index contributed by atoms with van der Waals surface area (Å²) in [7, 11) is 0. The van der Waals surface area contributed by atoms with Crippen molar-refractivity contribution < 1.29 is 9.72 Å². The number of benzene rings is 2. The number of anilines is 1. The van der Waals surface area contributed by atoms with Gasteiger partial charge in [0.1, 0.15) is 5.69 Å². The van der Waals surface area contributed by atoms with Crippen LogP contribution in [0.25, 0.3) is 10.2 Å². The van der Waals surface area contributed by atoms with Crippen LogP contribution in [0.4, 0.5) is 11.4 Å². The number of fused-ring (bicyclic) bond motifs is 1. The van der Waals surface area contributed by atoms with Crippen LogP contribution in [0, 0.1) is 10.1 Å². The highest BCUT2D eigenvalue weighted by molar-refractivity contribution is 8.01. The SMILES string of the molecule is O=C(CSc1nc2ccccc2s1)N1CCN(c2ccc(Cl)cc2[N+](=O)[O-])CC1. The summed E-state index contributed by atoms with van der Waals surface area (Å²) in [6, 6.07) is 12.6. The van der Waals surface area contributed by atoms with Crippen molar-refractivity contribution >= 4 is 62.2 Å².